The summed E-state index contributed by atoms with van der Waals surface area (Å²) in [6.07, 6.45) is 4.74. The highest BCUT2D eigenvalue weighted by atomic mass is 32.1. The van der Waals surface area contributed by atoms with E-state index in [-0.39, 0.29) is 5.91 Å². The Hall–Kier alpha value is -1.31. The molecule has 1 amide bonds. The molecule has 0 saturated heterocycles. The summed E-state index contributed by atoms with van der Waals surface area (Å²) in [5.41, 5.74) is 6.31. The molecule has 2 rings (SSSR count). The number of nitrogens with zero attached hydrogens (tertiary/aromatic N) is 2. The number of carbonyl (C=O) groups is 1. The van der Waals surface area contributed by atoms with Gasteiger partial charge in [-0.3, -0.25) is 4.79 Å². The zero-order chi connectivity index (χ0) is 14.2. The molecule has 0 spiro atoms. The third-order valence-electron chi connectivity index (χ3n) is 2.68. The SMILES string of the molecule is NCCCc1nc(CC(=O)NCCc2nccs2)cs1. The highest BCUT2D eigenvalue weighted by molar-refractivity contribution is 7.09. The van der Waals surface area contributed by atoms with Crippen molar-refractivity contribution in [3.63, 3.8) is 0 Å². The quantitative estimate of drug-likeness (QED) is 0.772. The first kappa shape index (κ1) is 15.1. The third kappa shape index (κ3) is 4.99. The van der Waals surface area contributed by atoms with E-state index in [0.29, 0.717) is 19.5 Å². The summed E-state index contributed by atoms with van der Waals surface area (Å²) in [7, 11) is 0. The van der Waals surface area contributed by atoms with Crippen LogP contribution in [0.15, 0.2) is 17.0 Å². The summed E-state index contributed by atoms with van der Waals surface area (Å²) in [6, 6.07) is 0. The Morgan fingerprint density at radius 3 is 2.95 bits per heavy atom. The van der Waals surface area contributed by atoms with Gasteiger partial charge in [-0.2, -0.15) is 0 Å². The van der Waals surface area contributed by atoms with Crippen molar-refractivity contribution >= 4 is 28.6 Å². The van der Waals surface area contributed by atoms with Crippen LogP contribution in [0.4, 0.5) is 0 Å². The second kappa shape index (κ2) is 8.08. The molecule has 7 heteroatoms. The highest BCUT2D eigenvalue weighted by Crippen LogP contribution is 2.12. The summed E-state index contributed by atoms with van der Waals surface area (Å²) in [5, 5.41) is 8.89. The molecular formula is C13H18N4OS2. The number of rotatable bonds is 8. The van der Waals surface area contributed by atoms with Gasteiger partial charge < -0.3 is 11.1 Å². The lowest BCUT2D eigenvalue weighted by Crippen LogP contribution is -2.27. The van der Waals surface area contributed by atoms with Crippen LogP contribution in [0.2, 0.25) is 0 Å². The summed E-state index contributed by atoms with van der Waals surface area (Å²) in [6.45, 7) is 1.29. The number of amides is 1. The van der Waals surface area contributed by atoms with Crippen molar-refractivity contribution < 1.29 is 4.79 Å². The molecule has 0 aromatic carbocycles. The van der Waals surface area contributed by atoms with E-state index in [1.54, 1.807) is 28.9 Å². The van der Waals surface area contributed by atoms with Crippen molar-refractivity contribution in [3.05, 3.63) is 32.7 Å². The Labute approximate surface area is 126 Å². The average molecular weight is 310 g/mol. The predicted octanol–water partition coefficient (Wildman–Crippen LogP) is 1.39. The molecule has 2 aromatic rings. The van der Waals surface area contributed by atoms with Gasteiger partial charge >= 0.3 is 0 Å². The van der Waals surface area contributed by atoms with Crippen molar-refractivity contribution in [2.24, 2.45) is 5.73 Å². The number of carbonyl (C=O) groups excluding carboxylic acids is 1. The molecule has 0 aliphatic carbocycles. The van der Waals surface area contributed by atoms with Crippen LogP contribution in [0.3, 0.4) is 0 Å². The molecule has 108 valence electrons. The van der Waals surface area contributed by atoms with Gasteiger partial charge in [-0.25, -0.2) is 9.97 Å². The fourth-order valence-corrected chi connectivity index (χ4v) is 3.17. The molecule has 0 saturated carbocycles. The van der Waals surface area contributed by atoms with Gasteiger partial charge in [-0.1, -0.05) is 0 Å². The monoisotopic (exact) mass is 310 g/mol. The zero-order valence-corrected chi connectivity index (χ0v) is 12.8. The predicted molar refractivity (Wildman–Crippen MR) is 82.0 cm³/mol. The van der Waals surface area contributed by atoms with Gasteiger partial charge in [-0.15, -0.1) is 22.7 Å². The molecule has 0 aliphatic heterocycles. The van der Waals surface area contributed by atoms with Crippen LogP contribution in [0.25, 0.3) is 0 Å². The first-order chi connectivity index (χ1) is 9.78. The maximum Gasteiger partial charge on any atom is 0.226 e. The fourth-order valence-electron chi connectivity index (χ4n) is 1.71. The molecule has 0 aliphatic rings. The first-order valence-corrected chi connectivity index (χ1v) is 8.32. The molecule has 0 atom stereocenters. The molecule has 3 N–H and O–H groups in total. The lowest BCUT2D eigenvalue weighted by molar-refractivity contribution is -0.120. The lowest BCUT2D eigenvalue weighted by atomic mass is 10.3. The molecule has 5 nitrogen and oxygen atoms in total. The number of nitrogens with one attached hydrogen (secondary N) is 1. The molecule has 0 fully saturated rings. The van der Waals surface area contributed by atoms with Crippen molar-refractivity contribution in [2.75, 3.05) is 13.1 Å². The van der Waals surface area contributed by atoms with Crippen LogP contribution in [-0.4, -0.2) is 29.0 Å². The molecule has 20 heavy (non-hydrogen) atoms. The van der Waals surface area contributed by atoms with E-state index in [2.05, 4.69) is 15.3 Å². The smallest absolute Gasteiger partial charge is 0.226 e. The number of aromatic nitrogens is 2. The number of nitrogens with two attached hydrogens (primary N) is 1. The van der Waals surface area contributed by atoms with E-state index in [9.17, 15) is 4.79 Å². The van der Waals surface area contributed by atoms with Gasteiger partial charge in [-0.05, 0) is 13.0 Å². The summed E-state index contributed by atoms with van der Waals surface area (Å²) >= 11 is 3.20. The van der Waals surface area contributed by atoms with E-state index >= 15 is 0 Å². The Morgan fingerprint density at radius 2 is 2.20 bits per heavy atom. The standard InChI is InChI=1S/C13H18N4OS2/c14-4-1-2-13-17-10(9-20-13)8-11(18)15-5-3-12-16-6-7-19-12/h6-7,9H,1-5,8,14H2,(H,15,18). The minimum Gasteiger partial charge on any atom is -0.355 e. The lowest BCUT2D eigenvalue weighted by Gasteiger charge is -2.02. The van der Waals surface area contributed by atoms with Gasteiger partial charge in [0, 0.05) is 36.3 Å². The summed E-state index contributed by atoms with van der Waals surface area (Å²) in [4.78, 5) is 20.4. The Balaban J connectivity index is 1.69. The minimum absolute atomic E-state index is 0.0113. The van der Waals surface area contributed by atoms with Crippen LogP contribution in [-0.2, 0) is 24.1 Å². The van der Waals surface area contributed by atoms with Crippen molar-refractivity contribution in [1.29, 1.82) is 0 Å². The molecule has 0 radical (unpaired) electrons. The van der Waals surface area contributed by atoms with Gasteiger partial charge in [0.05, 0.1) is 22.1 Å². The third-order valence-corrected chi connectivity index (χ3v) is 4.48. The second-order valence-corrected chi connectivity index (χ2v) is 6.25. The molecule has 2 heterocycles. The molecule has 0 unspecified atom stereocenters. The first-order valence-electron chi connectivity index (χ1n) is 6.56. The molecule has 0 bridgehead atoms. The van der Waals surface area contributed by atoms with Gasteiger partial charge in [0.2, 0.25) is 5.91 Å². The number of aryl methyl sites for hydroxylation is 1. The fraction of sp³-hybridized carbons (Fsp3) is 0.462. The molecule has 2 aromatic heterocycles. The van der Waals surface area contributed by atoms with Crippen LogP contribution in [0, 0.1) is 0 Å². The minimum atomic E-state index is 0.0113. The Bertz CT molecular complexity index is 524. The van der Waals surface area contributed by atoms with E-state index in [1.807, 2.05) is 10.8 Å². The van der Waals surface area contributed by atoms with Gasteiger partial charge in [0.1, 0.15) is 0 Å². The number of hydrogen-bond acceptors (Lipinski definition) is 6. The van der Waals surface area contributed by atoms with E-state index in [1.165, 1.54) is 0 Å². The largest absolute Gasteiger partial charge is 0.355 e. The Kier molecular flexibility index (Phi) is 6.10. The van der Waals surface area contributed by atoms with E-state index in [4.69, 9.17) is 5.73 Å². The number of hydrogen-bond donors (Lipinski definition) is 2. The van der Waals surface area contributed by atoms with Crippen molar-refractivity contribution in [2.45, 2.75) is 25.7 Å². The van der Waals surface area contributed by atoms with Crippen LogP contribution in [0.1, 0.15) is 22.1 Å². The Morgan fingerprint density at radius 1 is 1.30 bits per heavy atom. The highest BCUT2D eigenvalue weighted by Gasteiger charge is 2.07. The van der Waals surface area contributed by atoms with Crippen molar-refractivity contribution in [1.82, 2.24) is 15.3 Å². The summed E-state index contributed by atoms with van der Waals surface area (Å²) < 4.78 is 0. The molecular weight excluding hydrogens is 292 g/mol. The zero-order valence-electron chi connectivity index (χ0n) is 11.2. The topological polar surface area (TPSA) is 80.9 Å². The number of thiazole rings is 2. The van der Waals surface area contributed by atoms with Crippen molar-refractivity contribution in [3.8, 4) is 0 Å². The van der Waals surface area contributed by atoms with Crippen LogP contribution >= 0.6 is 22.7 Å². The van der Waals surface area contributed by atoms with E-state index in [0.717, 1.165) is 35.0 Å². The van der Waals surface area contributed by atoms with Crippen LogP contribution < -0.4 is 11.1 Å². The van der Waals surface area contributed by atoms with Gasteiger partial charge in [0.25, 0.3) is 0 Å². The average Bonchev–Trinajstić information content (AvgIpc) is 3.08. The maximum absolute atomic E-state index is 11.8. The summed E-state index contributed by atoms with van der Waals surface area (Å²) in [5.74, 6) is 0.0113. The van der Waals surface area contributed by atoms with E-state index < -0.39 is 0 Å². The second-order valence-electron chi connectivity index (χ2n) is 4.33. The normalized spacial score (nSPS) is 10.7. The van der Waals surface area contributed by atoms with Crippen LogP contribution in [0.5, 0.6) is 0 Å². The van der Waals surface area contributed by atoms with Gasteiger partial charge in [0.15, 0.2) is 0 Å². The maximum atomic E-state index is 11.8.